The van der Waals surface area contributed by atoms with Crippen molar-refractivity contribution in [3.05, 3.63) is 88.7 Å². The monoisotopic (exact) mass is 473 g/mol. The minimum atomic E-state index is -0.551. The van der Waals surface area contributed by atoms with Gasteiger partial charge in [0.05, 0.1) is 12.8 Å². The smallest absolute Gasteiger partial charge is 0.266 e. The fourth-order valence-corrected chi connectivity index (χ4v) is 3.18. The lowest BCUT2D eigenvalue weighted by Gasteiger charge is -2.12. The molecule has 0 aromatic heterocycles. The number of nitriles is 1. The van der Waals surface area contributed by atoms with Crippen molar-refractivity contribution in [1.29, 1.82) is 5.26 Å². The molecule has 0 aliphatic rings. The van der Waals surface area contributed by atoms with Crippen molar-refractivity contribution in [1.82, 2.24) is 0 Å². The molecule has 0 radical (unpaired) electrons. The topological polar surface area (TPSA) is 100 Å². The summed E-state index contributed by atoms with van der Waals surface area (Å²) >= 11 is 0. The number of hydrogen-bond acceptors (Lipinski definition) is 5. The quantitative estimate of drug-likeness (QED) is 0.354. The number of nitrogens with zero attached hydrogens (tertiary/aromatic N) is 1. The molecule has 2 amide bonds. The molecule has 178 valence electrons. The molecule has 0 bridgehead atoms. The number of carbonyl (C=O) groups is 2. The number of nitrogens with one attached hydrogen (secondary N) is 2. The van der Waals surface area contributed by atoms with Gasteiger partial charge < -0.3 is 20.1 Å². The Balaban J connectivity index is 1.70. The van der Waals surface area contributed by atoms with Gasteiger partial charge in [0.1, 0.15) is 17.5 Å². The van der Waals surface area contributed by atoms with Gasteiger partial charge in [-0.3, -0.25) is 9.59 Å². The molecule has 0 fully saturated rings. The first-order valence-corrected chi connectivity index (χ1v) is 10.7. The van der Waals surface area contributed by atoms with Crippen LogP contribution in [-0.4, -0.2) is 25.5 Å². The summed E-state index contributed by atoms with van der Waals surface area (Å²) < 4.78 is 24.5. The van der Waals surface area contributed by atoms with Gasteiger partial charge in [0.15, 0.2) is 18.1 Å². The van der Waals surface area contributed by atoms with E-state index < -0.39 is 17.6 Å². The minimum absolute atomic E-state index is 0.0525. The van der Waals surface area contributed by atoms with Gasteiger partial charge in [-0.15, -0.1) is 0 Å². The number of para-hydroxylation sites is 1. The third-order valence-corrected chi connectivity index (χ3v) is 5.22. The van der Waals surface area contributed by atoms with E-state index in [0.717, 1.165) is 11.1 Å². The number of hydrogen-bond donors (Lipinski definition) is 2. The van der Waals surface area contributed by atoms with Crippen LogP contribution in [0.1, 0.15) is 16.7 Å². The maximum Gasteiger partial charge on any atom is 0.266 e. The van der Waals surface area contributed by atoms with Crippen LogP contribution in [0.5, 0.6) is 11.5 Å². The first kappa shape index (κ1) is 25.0. The highest BCUT2D eigenvalue weighted by Crippen LogP contribution is 2.29. The van der Waals surface area contributed by atoms with Gasteiger partial charge in [-0.05, 0) is 66.9 Å². The number of rotatable bonds is 8. The van der Waals surface area contributed by atoms with Gasteiger partial charge >= 0.3 is 0 Å². The third-order valence-electron chi connectivity index (χ3n) is 5.22. The Morgan fingerprint density at radius 3 is 2.46 bits per heavy atom. The van der Waals surface area contributed by atoms with Crippen molar-refractivity contribution >= 4 is 29.3 Å². The molecule has 3 rings (SSSR count). The molecule has 0 spiro atoms. The maximum absolute atomic E-state index is 13.7. The van der Waals surface area contributed by atoms with Crippen LogP contribution in [0.3, 0.4) is 0 Å². The Morgan fingerprint density at radius 1 is 1.00 bits per heavy atom. The van der Waals surface area contributed by atoms with Gasteiger partial charge in [0, 0.05) is 5.69 Å². The summed E-state index contributed by atoms with van der Waals surface area (Å²) in [5, 5.41) is 14.7. The molecule has 35 heavy (non-hydrogen) atoms. The maximum atomic E-state index is 13.7. The number of benzene rings is 3. The zero-order valence-electron chi connectivity index (χ0n) is 19.5. The molecule has 3 aromatic rings. The van der Waals surface area contributed by atoms with E-state index in [1.165, 1.54) is 31.4 Å². The Hall–Kier alpha value is -4.64. The first-order valence-electron chi connectivity index (χ1n) is 10.7. The van der Waals surface area contributed by atoms with Crippen LogP contribution in [0.4, 0.5) is 15.8 Å². The van der Waals surface area contributed by atoms with E-state index >= 15 is 0 Å². The van der Waals surface area contributed by atoms with Crippen LogP contribution in [0, 0.1) is 31.0 Å². The summed E-state index contributed by atoms with van der Waals surface area (Å²) in [6.07, 6.45) is 1.43. The lowest BCUT2D eigenvalue weighted by molar-refractivity contribution is -0.118. The van der Waals surface area contributed by atoms with Gasteiger partial charge in [0.2, 0.25) is 0 Å². The second kappa shape index (κ2) is 11.5. The predicted molar refractivity (Wildman–Crippen MR) is 132 cm³/mol. The summed E-state index contributed by atoms with van der Waals surface area (Å²) in [5.74, 6) is -1.07. The lowest BCUT2D eigenvalue weighted by Crippen LogP contribution is -2.21. The van der Waals surface area contributed by atoms with Crippen molar-refractivity contribution < 1.29 is 23.5 Å². The van der Waals surface area contributed by atoms with Crippen LogP contribution >= 0.6 is 0 Å². The third kappa shape index (κ3) is 6.45. The van der Waals surface area contributed by atoms with Gasteiger partial charge in [-0.1, -0.05) is 30.3 Å². The second-order valence-electron chi connectivity index (χ2n) is 7.60. The average molecular weight is 474 g/mol. The van der Waals surface area contributed by atoms with Gasteiger partial charge in [-0.2, -0.15) is 5.26 Å². The molecule has 0 aliphatic heterocycles. The molecule has 3 aromatic carbocycles. The Morgan fingerprint density at radius 2 is 1.74 bits per heavy atom. The first-order chi connectivity index (χ1) is 16.8. The molecule has 0 saturated heterocycles. The summed E-state index contributed by atoms with van der Waals surface area (Å²) in [6, 6.07) is 18.0. The van der Waals surface area contributed by atoms with Crippen molar-refractivity contribution in [2.24, 2.45) is 0 Å². The molecule has 8 heteroatoms. The number of anilines is 2. The van der Waals surface area contributed by atoms with Gasteiger partial charge in [-0.25, -0.2) is 4.39 Å². The highest BCUT2D eigenvalue weighted by atomic mass is 19.1. The van der Waals surface area contributed by atoms with Crippen LogP contribution in [0.2, 0.25) is 0 Å². The molecule has 0 aliphatic carbocycles. The SMILES string of the molecule is COc1cc(C=C(C#N)C(=O)Nc2cccc(C)c2C)ccc1OCC(=O)Nc1ccccc1F. The van der Waals surface area contributed by atoms with E-state index in [1.54, 1.807) is 30.3 Å². The average Bonchev–Trinajstić information content (AvgIpc) is 2.85. The number of carbonyl (C=O) groups excluding carboxylic acids is 2. The molecule has 0 unspecified atom stereocenters. The highest BCUT2D eigenvalue weighted by Gasteiger charge is 2.14. The fraction of sp³-hybridized carbons (Fsp3) is 0.148. The normalized spacial score (nSPS) is 10.8. The summed E-state index contributed by atoms with van der Waals surface area (Å²) in [7, 11) is 1.42. The Bertz CT molecular complexity index is 1330. The molecule has 0 heterocycles. The van der Waals surface area contributed by atoms with Crippen LogP contribution < -0.4 is 20.1 Å². The van der Waals surface area contributed by atoms with Crippen molar-refractivity contribution in [2.45, 2.75) is 13.8 Å². The Kier molecular flexibility index (Phi) is 8.20. The molecule has 2 N–H and O–H groups in total. The lowest BCUT2D eigenvalue weighted by atomic mass is 10.1. The van der Waals surface area contributed by atoms with E-state index in [1.807, 2.05) is 32.0 Å². The molecule has 0 saturated carbocycles. The summed E-state index contributed by atoms with van der Waals surface area (Å²) in [5.41, 5.74) is 3.06. The highest BCUT2D eigenvalue weighted by molar-refractivity contribution is 6.10. The minimum Gasteiger partial charge on any atom is -0.493 e. The number of methoxy groups -OCH3 is 1. The number of halogens is 1. The molecular formula is C27H24FN3O4. The fourth-order valence-electron chi connectivity index (χ4n) is 3.18. The van der Waals surface area contributed by atoms with E-state index in [9.17, 15) is 19.2 Å². The van der Waals surface area contributed by atoms with E-state index in [4.69, 9.17) is 9.47 Å². The Labute approximate surface area is 202 Å². The number of aryl methyl sites for hydroxylation is 1. The number of amides is 2. The molecular weight excluding hydrogens is 449 g/mol. The zero-order chi connectivity index (χ0) is 25.4. The van der Waals surface area contributed by atoms with Gasteiger partial charge in [0.25, 0.3) is 11.8 Å². The zero-order valence-corrected chi connectivity index (χ0v) is 19.5. The summed E-state index contributed by atoms with van der Waals surface area (Å²) in [6.45, 7) is 3.45. The van der Waals surface area contributed by atoms with Crippen LogP contribution in [-0.2, 0) is 9.59 Å². The molecule has 0 atom stereocenters. The van der Waals surface area contributed by atoms with Crippen molar-refractivity contribution in [2.75, 3.05) is 24.4 Å². The van der Waals surface area contributed by atoms with Crippen molar-refractivity contribution in [3.63, 3.8) is 0 Å². The van der Waals surface area contributed by atoms with E-state index in [0.29, 0.717) is 17.0 Å². The summed E-state index contributed by atoms with van der Waals surface area (Å²) in [4.78, 5) is 24.8. The van der Waals surface area contributed by atoms with Crippen LogP contribution in [0.15, 0.2) is 66.2 Å². The second-order valence-corrected chi connectivity index (χ2v) is 7.60. The standard InChI is InChI=1S/C27H24FN3O4/c1-17-7-6-10-22(18(17)2)31-27(33)20(15-29)13-19-11-12-24(25(14-19)34-3)35-16-26(32)30-23-9-5-4-8-21(23)28/h4-14H,16H2,1-3H3,(H,30,32)(H,31,33). The number of ether oxygens (including phenoxy) is 2. The largest absolute Gasteiger partial charge is 0.493 e. The van der Waals surface area contributed by atoms with Crippen LogP contribution in [0.25, 0.3) is 6.08 Å². The molecule has 7 nitrogen and oxygen atoms in total. The van der Waals surface area contributed by atoms with E-state index in [2.05, 4.69) is 10.6 Å². The predicted octanol–water partition coefficient (Wildman–Crippen LogP) is 5.01. The van der Waals surface area contributed by atoms with E-state index in [-0.39, 0.29) is 23.6 Å². The van der Waals surface area contributed by atoms with Crippen molar-refractivity contribution in [3.8, 4) is 17.6 Å².